The van der Waals surface area contributed by atoms with Crippen molar-refractivity contribution in [3.63, 3.8) is 0 Å². The topological polar surface area (TPSA) is 47.9 Å². The van der Waals surface area contributed by atoms with Crippen LogP contribution in [0.5, 0.6) is 0 Å². The van der Waals surface area contributed by atoms with Crippen molar-refractivity contribution >= 4 is 23.0 Å². The summed E-state index contributed by atoms with van der Waals surface area (Å²) in [4.78, 5) is 0. The number of hydrazone groups is 1. The predicted molar refractivity (Wildman–Crippen MR) is 91.4 cm³/mol. The van der Waals surface area contributed by atoms with E-state index in [-0.39, 0.29) is 16.7 Å². The molecule has 0 spiro atoms. The highest BCUT2D eigenvalue weighted by molar-refractivity contribution is 7.80. The first-order valence-corrected chi connectivity index (χ1v) is 8.27. The van der Waals surface area contributed by atoms with Gasteiger partial charge in [0.1, 0.15) is 0 Å². The van der Waals surface area contributed by atoms with Crippen LogP contribution in [0.1, 0.15) is 40.0 Å². The Hall–Kier alpha value is -1.41. The van der Waals surface area contributed by atoms with Gasteiger partial charge in [-0.2, -0.15) is 23.3 Å². The molecule has 2 rings (SSSR count). The molecule has 0 aromatic carbocycles. The van der Waals surface area contributed by atoms with E-state index in [2.05, 4.69) is 16.5 Å². The molecule has 0 saturated heterocycles. The first-order chi connectivity index (χ1) is 11.1. The first kappa shape index (κ1) is 18.9. The van der Waals surface area contributed by atoms with Gasteiger partial charge in [-0.1, -0.05) is 31.6 Å². The number of alkyl halides is 3. The summed E-state index contributed by atoms with van der Waals surface area (Å²) in [5, 5.41) is 17.2. The molecule has 1 unspecified atom stereocenters. The maximum absolute atomic E-state index is 13.4. The largest absolute Gasteiger partial charge is 0.438 e. The molecule has 1 atom stereocenters. The zero-order valence-corrected chi connectivity index (χ0v) is 14.8. The molecule has 8 heteroatoms. The Labute approximate surface area is 145 Å². The van der Waals surface area contributed by atoms with Gasteiger partial charge < -0.3 is 10.4 Å². The van der Waals surface area contributed by atoms with E-state index in [1.807, 2.05) is 13.0 Å². The quantitative estimate of drug-likeness (QED) is 0.756. The number of hydrogen-bond acceptors (Lipinski definition) is 3. The minimum atomic E-state index is -4.86. The molecule has 134 valence electrons. The van der Waals surface area contributed by atoms with Gasteiger partial charge in [-0.25, -0.2) is 0 Å². The zero-order chi connectivity index (χ0) is 18.1. The fourth-order valence-corrected chi connectivity index (χ4v) is 2.91. The second-order valence-corrected chi connectivity index (χ2v) is 6.82. The molecule has 2 N–H and O–H groups in total. The van der Waals surface area contributed by atoms with Crippen LogP contribution in [0.2, 0.25) is 0 Å². The maximum Gasteiger partial charge on any atom is 0.438 e. The van der Waals surface area contributed by atoms with Crippen LogP contribution in [0, 0.1) is 5.92 Å². The summed E-state index contributed by atoms with van der Waals surface area (Å²) in [6.07, 6.45) is 0.316. The summed E-state index contributed by atoms with van der Waals surface area (Å²) >= 11 is 5.09. The number of thiocarbonyl (C=S) groups is 1. The third kappa shape index (κ3) is 3.64. The Kier molecular flexibility index (Phi) is 5.39. The molecule has 0 aromatic rings. The van der Waals surface area contributed by atoms with Crippen molar-refractivity contribution in [3.05, 3.63) is 23.3 Å². The van der Waals surface area contributed by atoms with Crippen molar-refractivity contribution in [2.45, 2.75) is 51.9 Å². The van der Waals surface area contributed by atoms with Gasteiger partial charge in [0, 0.05) is 18.7 Å². The molecule has 2 aliphatic rings. The molecule has 1 aliphatic heterocycles. The average molecular weight is 361 g/mol. The number of halogens is 3. The van der Waals surface area contributed by atoms with Gasteiger partial charge in [0.2, 0.25) is 0 Å². The Bertz CT molecular complexity index is 610. The smallest absolute Gasteiger partial charge is 0.362 e. The Morgan fingerprint density at radius 2 is 2.17 bits per heavy atom. The normalized spacial score (nSPS) is 24.7. The van der Waals surface area contributed by atoms with E-state index in [9.17, 15) is 18.3 Å². The van der Waals surface area contributed by atoms with Crippen molar-refractivity contribution in [1.29, 1.82) is 0 Å². The molecule has 0 aromatic heterocycles. The third-order valence-corrected chi connectivity index (χ3v) is 4.63. The molecule has 0 radical (unpaired) electrons. The van der Waals surface area contributed by atoms with Crippen molar-refractivity contribution in [3.8, 4) is 0 Å². The van der Waals surface area contributed by atoms with Crippen LogP contribution in [-0.2, 0) is 0 Å². The summed E-state index contributed by atoms with van der Waals surface area (Å²) in [5.74, 6) is -0.208. The second kappa shape index (κ2) is 6.84. The van der Waals surface area contributed by atoms with Crippen LogP contribution in [0.15, 0.2) is 28.4 Å². The van der Waals surface area contributed by atoms with E-state index in [1.54, 1.807) is 13.8 Å². The molecule has 4 nitrogen and oxygen atoms in total. The molecule has 1 aliphatic carbocycles. The van der Waals surface area contributed by atoms with Gasteiger partial charge >= 0.3 is 6.18 Å². The standard InChI is InChI=1S/C16H22F3N3OS/c1-10(2)13-8-15(23,16(17,18)19)22(21-13)14(24)20-9-12-7-5-4-6-11(12)3/h4,6,10,23H,5,7-9H2,1-3H3,(H,20,24). The third-order valence-electron chi connectivity index (χ3n) is 4.31. The van der Waals surface area contributed by atoms with Crippen LogP contribution in [0.4, 0.5) is 13.2 Å². The molecule has 0 bridgehead atoms. The van der Waals surface area contributed by atoms with Crippen LogP contribution >= 0.6 is 12.2 Å². The summed E-state index contributed by atoms with van der Waals surface area (Å²) in [6.45, 7) is 5.76. The Morgan fingerprint density at radius 1 is 1.50 bits per heavy atom. The first-order valence-electron chi connectivity index (χ1n) is 7.86. The van der Waals surface area contributed by atoms with Crippen LogP contribution in [0.3, 0.4) is 0 Å². The lowest BCUT2D eigenvalue weighted by Crippen LogP contribution is -2.58. The van der Waals surface area contributed by atoms with Crippen LogP contribution < -0.4 is 5.32 Å². The molecule has 0 saturated carbocycles. The molecular formula is C16H22F3N3OS. The maximum atomic E-state index is 13.4. The van der Waals surface area contributed by atoms with E-state index >= 15 is 0 Å². The molecule has 0 amide bonds. The van der Waals surface area contributed by atoms with Gasteiger partial charge in [0.25, 0.3) is 5.72 Å². The number of hydrogen-bond donors (Lipinski definition) is 2. The monoisotopic (exact) mass is 361 g/mol. The van der Waals surface area contributed by atoms with Gasteiger partial charge in [-0.3, -0.25) is 0 Å². The molecule has 1 heterocycles. The van der Waals surface area contributed by atoms with Crippen molar-refractivity contribution in [2.24, 2.45) is 11.0 Å². The van der Waals surface area contributed by atoms with E-state index in [0.29, 0.717) is 11.6 Å². The lowest BCUT2D eigenvalue weighted by atomic mass is 9.98. The van der Waals surface area contributed by atoms with Crippen molar-refractivity contribution < 1.29 is 18.3 Å². The highest BCUT2D eigenvalue weighted by Crippen LogP contribution is 2.41. The number of allylic oxidation sites excluding steroid dienone is 3. The summed E-state index contributed by atoms with van der Waals surface area (Å²) < 4.78 is 40.1. The summed E-state index contributed by atoms with van der Waals surface area (Å²) in [6, 6.07) is 0. The highest BCUT2D eigenvalue weighted by Gasteiger charge is 2.62. The predicted octanol–water partition coefficient (Wildman–Crippen LogP) is 3.50. The Morgan fingerprint density at radius 3 is 2.71 bits per heavy atom. The van der Waals surface area contributed by atoms with Crippen LogP contribution in [0.25, 0.3) is 0 Å². The molecule has 0 fully saturated rings. The van der Waals surface area contributed by atoms with Crippen molar-refractivity contribution in [1.82, 2.24) is 10.3 Å². The number of nitrogens with one attached hydrogen (secondary N) is 1. The summed E-state index contributed by atoms with van der Waals surface area (Å²) in [5.41, 5.74) is -0.653. The summed E-state index contributed by atoms with van der Waals surface area (Å²) in [7, 11) is 0. The van der Waals surface area contributed by atoms with Gasteiger partial charge in [-0.15, -0.1) is 0 Å². The fraction of sp³-hybridized carbons (Fsp3) is 0.625. The van der Waals surface area contributed by atoms with Crippen molar-refractivity contribution in [2.75, 3.05) is 6.54 Å². The fourth-order valence-electron chi connectivity index (χ4n) is 2.64. The van der Waals surface area contributed by atoms with Gasteiger partial charge in [-0.05, 0) is 43.5 Å². The van der Waals surface area contributed by atoms with E-state index in [0.717, 1.165) is 24.0 Å². The van der Waals surface area contributed by atoms with E-state index < -0.39 is 18.3 Å². The number of aliphatic hydroxyl groups is 1. The second-order valence-electron chi connectivity index (χ2n) is 6.44. The van der Waals surface area contributed by atoms with Gasteiger partial charge in [0.05, 0.1) is 0 Å². The zero-order valence-electron chi connectivity index (χ0n) is 13.9. The number of rotatable bonds is 3. The average Bonchev–Trinajstić information content (AvgIpc) is 2.85. The molecular weight excluding hydrogens is 339 g/mol. The lowest BCUT2D eigenvalue weighted by Gasteiger charge is -2.34. The Balaban J connectivity index is 2.17. The molecule has 24 heavy (non-hydrogen) atoms. The SMILES string of the molecule is CC1=C(CNC(=S)N2N=C(C(C)C)CC2(O)C(F)(F)F)CCC=C1. The van der Waals surface area contributed by atoms with Gasteiger partial charge in [0.15, 0.2) is 5.11 Å². The highest BCUT2D eigenvalue weighted by atomic mass is 32.1. The minimum absolute atomic E-state index is 0.208. The lowest BCUT2D eigenvalue weighted by molar-refractivity contribution is -0.294. The van der Waals surface area contributed by atoms with E-state index in [4.69, 9.17) is 12.2 Å². The minimum Gasteiger partial charge on any atom is -0.362 e. The van der Waals surface area contributed by atoms with Crippen LogP contribution in [-0.4, -0.2) is 39.4 Å². The number of nitrogens with zero attached hydrogens (tertiary/aromatic N) is 2. The van der Waals surface area contributed by atoms with E-state index in [1.165, 1.54) is 0 Å².